The van der Waals surface area contributed by atoms with E-state index in [2.05, 4.69) is 4.90 Å². The highest BCUT2D eigenvalue weighted by molar-refractivity contribution is 5.70. The molecule has 0 aromatic rings. The van der Waals surface area contributed by atoms with Gasteiger partial charge >= 0.3 is 5.97 Å². The molecule has 4 heteroatoms. The van der Waals surface area contributed by atoms with Gasteiger partial charge in [-0.25, -0.2) is 0 Å². The minimum Gasteiger partial charge on any atom is -0.481 e. The molecule has 0 aromatic carbocycles. The molecular formula is C12H21NO3. The van der Waals surface area contributed by atoms with E-state index in [4.69, 9.17) is 4.74 Å². The molecule has 0 bridgehead atoms. The van der Waals surface area contributed by atoms with Crippen LogP contribution in [0.4, 0.5) is 0 Å². The Morgan fingerprint density at radius 2 is 1.94 bits per heavy atom. The lowest BCUT2D eigenvalue weighted by atomic mass is 9.85. The zero-order valence-corrected chi connectivity index (χ0v) is 9.73. The van der Waals surface area contributed by atoms with E-state index < -0.39 is 5.97 Å². The lowest BCUT2D eigenvalue weighted by molar-refractivity contribution is -0.145. The average molecular weight is 227 g/mol. The normalized spacial score (nSPS) is 25.8. The second-order valence-corrected chi connectivity index (χ2v) is 4.90. The van der Waals surface area contributed by atoms with Gasteiger partial charge in [-0.1, -0.05) is 0 Å². The molecule has 2 rings (SSSR count). The number of likely N-dealkylation sites (tertiary alicyclic amines) is 1. The van der Waals surface area contributed by atoms with Crippen LogP contribution in [-0.4, -0.2) is 48.8 Å². The molecule has 2 heterocycles. The van der Waals surface area contributed by atoms with E-state index in [9.17, 15) is 9.90 Å². The third kappa shape index (κ3) is 2.95. The van der Waals surface area contributed by atoms with E-state index in [-0.39, 0.29) is 5.92 Å². The number of nitrogens with zero attached hydrogens (tertiary/aromatic N) is 1. The molecule has 0 spiro atoms. The number of hydrogen-bond acceptors (Lipinski definition) is 3. The van der Waals surface area contributed by atoms with Crippen molar-refractivity contribution in [1.29, 1.82) is 0 Å². The first-order valence-electron chi connectivity index (χ1n) is 6.30. The summed E-state index contributed by atoms with van der Waals surface area (Å²) in [5.74, 6) is -0.507. The number of hydrogen-bond donors (Lipinski definition) is 1. The summed E-state index contributed by atoms with van der Waals surface area (Å²) >= 11 is 0. The Morgan fingerprint density at radius 1 is 1.31 bits per heavy atom. The molecule has 2 aliphatic rings. The van der Waals surface area contributed by atoms with Crippen LogP contribution < -0.4 is 0 Å². The zero-order valence-electron chi connectivity index (χ0n) is 9.73. The van der Waals surface area contributed by atoms with E-state index in [0.29, 0.717) is 5.92 Å². The Morgan fingerprint density at radius 3 is 2.50 bits per heavy atom. The molecule has 2 saturated heterocycles. The standard InChI is InChI=1S/C12H21NO3/c14-12(15)11(9-13-5-1-2-6-13)10-3-7-16-8-4-10/h10-11H,1-9H2,(H,14,15). The second-order valence-electron chi connectivity index (χ2n) is 4.90. The van der Waals surface area contributed by atoms with Crippen molar-refractivity contribution in [3.63, 3.8) is 0 Å². The molecule has 0 aliphatic carbocycles. The smallest absolute Gasteiger partial charge is 0.308 e. The fourth-order valence-corrected chi connectivity index (χ4v) is 2.79. The maximum absolute atomic E-state index is 11.3. The van der Waals surface area contributed by atoms with Gasteiger partial charge in [-0.15, -0.1) is 0 Å². The second kappa shape index (κ2) is 5.64. The molecule has 0 amide bonds. The highest BCUT2D eigenvalue weighted by atomic mass is 16.5. The topological polar surface area (TPSA) is 49.8 Å². The van der Waals surface area contributed by atoms with Crippen molar-refractivity contribution < 1.29 is 14.6 Å². The van der Waals surface area contributed by atoms with Gasteiger partial charge in [-0.2, -0.15) is 0 Å². The van der Waals surface area contributed by atoms with Gasteiger partial charge in [0, 0.05) is 19.8 Å². The molecule has 2 aliphatic heterocycles. The maximum Gasteiger partial charge on any atom is 0.308 e. The quantitative estimate of drug-likeness (QED) is 0.784. The summed E-state index contributed by atoms with van der Waals surface area (Å²) in [6.45, 7) is 4.35. The first-order valence-corrected chi connectivity index (χ1v) is 6.30. The van der Waals surface area contributed by atoms with E-state index in [1.54, 1.807) is 0 Å². The van der Waals surface area contributed by atoms with Crippen LogP contribution in [0.3, 0.4) is 0 Å². The van der Waals surface area contributed by atoms with Crippen molar-refractivity contribution in [1.82, 2.24) is 4.90 Å². The van der Waals surface area contributed by atoms with Gasteiger partial charge in [0.1, 0.15) is 0 Å². The summed E-state index contributed by atoms with van der Waals surface area (Å²) in [7, 11) is 0. The first kappa shape index (κ1) is 11.9. The summed E-state index contributed by atoms with van der Waals surface area (Å²) in [6.07, 6.45) is 4.26. The van der Waals surface area contributed by atoms with Gasteiger partial charge in [0.2, 0.25) is 0 Å². The van der Waals surface area contributed by atoms with Crippen LogP contribution in [0.15, 0.2) is 0 Å². The summed E-state index contributed by atoms with van der Waals surface area (Å²) in [5, 5.41) is 9.32. The minimum absolute atomic E-state index is 0.193. The van der Waals surface area contributed by atoms with Crippen molar-refractivity contribution in [2.75, 3.05) is 32.8 Å². The van der Waals surface area contributed by atoms with E-state index in [1.165, 1.54) is 12.8 Å². The van der Waals surface area contributed by atoms with Gasteiger partial charge < -0.3 is 14.7 Å². The Balaban J connectivity index is 1.90. The Kier molecular flexibility index (Phi) is 4.18. The SMILES string of the molecule is O=C(O)C(CN1CCCC1)C1CCOCC1. The van der Waals surface area contributed by atoms with Crippen molar-refractivity contribution in [3.05, 3.63) is 0 Å². The van der Waals surface area contributed by atoms with Gasteiger partial charge in [0.05, 0.1) is 5.92 Å². The van der Waals surface area contributed by atoms with Crippen LogP contribution in [0.1, 0.15) is 25.7 Å². The number of rotatable bonds is 4. The number of aliphatic carboxylic acids is 1. The monoisotopic (exact) mass is 227 g/mol. The summed E-state index contributed by atoms with van der Waals surface area (Å²) in [4.78, 5) is 13.6. The molecule has 16 heavy (non-hydrogen) atoms. The summed E-state index contributed by atoms with van der Waals surface area (Å²) in [6, 6.07) is 0. The van der Waals surface area contributed by atoms with Gasteiger partial charge in [-0.05, 0) is 44.7 Å². The lowest BCUT2D eigenvalue weighted by Crippen LogP contribution is -2.38. The van der Waals surface area contributed by atoms with Crippen LogP contribution in [0, 0.1) is 11.8 Å². The van der Waals surface area contributed by atoms with Gasteiger partial charge in [-0.3, -0.25) is 4.79 Å². The maximum atomic E-state index is 11.3. The van der Waals surface area contributed by atoms with Crippen molar-refractivity contribution in [2.45, 2.75) is 25.7 Å². The Labute approximate surface area is 96.6 Å². The Bertz CT molecular complexity index is 232. The van der Waals surface area contributed by atoms with E-state index in [1.807, 2.05) is 0 Å². The van der Waals surface area contributed by atoms with Gasteiger partial charge in [0.15, 0.2) is 0 Å². The third-order valence-electron chi connectivity index (χ3n) is 3.81. The molecule has 0 saturated carbocycles. The average Bonchev–Trinajstić information content (AvgIpc) is 2.79. The number of carbonyl (C=O) groups is 1. The number of carboxylic acids is 1. The van der Waals surface area contributed by atoms with E-state index in [0.717, 1.165) is 45.7 Å². The minimum atomic E-state index is -0.626. The van der Waals surface area contributed by atoms with Crippen molar-refractivity contribution in [3.8, 4) is 0 Å². The van der Waals surface area contributed by atoms with Crippen LogP contribution in [-0.2, 0) is 9.53 Å². The summed E-state index contributed by atoms with van der Waals surface area (Å²) < 4.78 is 5.29. The molecule has 0 radical (unpaired) electrons. The van der Waals surface area contributed by atoms with Crippen LogP contribution in [0.5, 0.6) is 0 Å². The molecule has 92 valence electrons. The predicted octanol–water partition coefficient (Wildman–Crippen LogP) is 1.21. The van der Waals surface area contributed by atoms with Crippen molar-refractivity contribution >= 4 is 5.97 Å². The summed E-state index contributed by atoms with van der Waals surface area (Å²) in [5.41, 5.74) is 0. The third-order valence-corrected chi connectivity index (χ3v) is 3.81. The zero-order chi connectivity index (χ0) is 11.4. The number of carboxylic acid groups (broad SMARTS) is 1. The predicted molar refractivity (Wildman–Crippen MR) is 60.3 cm³/mol. The fourth-order valence-electron chi connectivity index (χ4n) is 2.79. The van der Waals surface area contributed by atoms with Crippen LogP contribution >= 0.6 is 0 Å². The molecule has 1 atom stereocenters. The molecule has 2 fully saturated rings. The fraction of sp³-hybridized carbons (Fsp3) is 0.917. The van der Waals surface area contributed by atoms with Crippen molar-refractivity contribution in [2.24, 2.45) is 11.8 Å². The lowest BCUT2D eigenvalue weighted by Gasteiger charge is -2.30. The Hall–Kier alpha value is -0.610. The molecule has 1 N–H and O–H groups in total. The number of ether oxygens (including phenoxy) is 1. The highest BCUT2D eigenvalue weighted by Gasteiger charge is 2.31. The highest BCUT2D eigenvalue weighted by Crippen LogP contribution is 2.26. The first-order chi connectivity index (χ1) is 7.77. The van der Waals surface area contributed by atoms with E-state index >= 15 is 0 Å². The van der Waals surface area contributed by atoms with Crippen LogP contribution in [0.25, 0.3) is 0 Å². The largest absolute Gasteiger partial charge is 0.481 e. The molecule has 0 aromatic heterocycles. The molecule has 1 unspecified atom stereocenters. The van der Waals surface area contributed by atoms with Gasteiger partial charge in [0.25, 0.3) is 0 Å². The molecule has 4 nitrogen and oxygen atoms in total. The van der Waals surface area contributed by atoms with Crippen LogP contribution in [0.2, 0.25) is 0 Å². The molecular weight excluding hydrogens is 206 g/mol.